The van der Waals surface area contributed by atoms with E-state index in [4.69, 9.17) is 33.7 Å². The van der Waals surface area contributed by atoms with Crippen molar-refractivity contribution < 1.29 is 18.3 Å². The number of nitrogens with one attached hydrogen (secondary N) is 1. The minimum absolute atomic E-state index is 0.188. The summed E-state index contributed by atoms with van der Waals surface area (Å²) >= 11 is 11.7. The number of nitrogens with two attached hydrogens (primary N) is 1. The maximum absolute atomic E-state index is 13.3. The Bertz CT molecular complexity index is 703. The van der Waals surface area contributed by atoms with Crippen molar-refractivity contribution >= 4 is 40.5 Å². The van der Waals surface area contributed by atoms with Crippen LogP contribution in [0.25, 0.3) is 0 Å². The van der Waals surface area contributed by atoms with Crippen molar-refractivity contribution in [3.8, 4) is 5.75 Å². The molecule has 0 aliphatic carbocycles. The van der Waals surface area contributed by atoms with Gasteiger partial charge < -0.3 is 15.8 Å². The van der Waals surface area contributed by atoms with E-state index in [-0.39, 0.29) is 21.5 Å². The molecule has 1 amide bonds. The van der Waals surface area contributed by atoms with Gasteiger partial charge in [-0.2, -0.15) is 0 Å². The molecule has 8 heteroatoms. The van der Waals surface area contributed by atoms with E-state index in [1.54, 1.807) is 0 Å². The van der Waals surface area contributed by atoms with Crippen molar-refractivity contribution in [1.82, 2.24) is 0 Å². The third-order valence-corrected chi connectivity index (χ3v) is 3.24. The van der Waals surface area contributed by atoms with Crippen LogP contribution in [0.1, 0.15) is 0 Å². The summed E-state index contributed by atoms with van der Waals surface area (Å²) in [5.41, 5.74) is 6.09. The van der Waals surface area contributed by atoms with Crippen molar-refractivity contribution in [2.24, 2.45) is 0 Å². The van der Waals surface area contributed by atoms with E-state index < -0.39 is 24.1 Å². The van der Waals surface area contributed by atoms with Gasteiger partial charge in [0.25, 0.3) is 5.91 Å². The minimum atomic E-state index is -0.897. The smallest absolute Gasteiger partial charge is 0.262 e. The lowest BCUT2D eigenvalue weighted by atomic mass is 10.3. The molecule has 0 aliphatic rings. The Hall–Kier alpha value is -2.05. The SMILES string of the molecule is Nc1c(Cl)cc(NC(=O)COc2ccc(F)cc2F)cc1Cl. The van der Waals surface area contributed by atoms with Crippen LogP contribution in [-0.2, 0) is 4.79 Å². The molecule has 0 atom stereocenters. The molecule has 3 N–H and O–H groups in total. The molecule has 0 saturated heterocycles. The average molecular weight is 347 g/mol. The van der Waals surface area contributed by atoms with Gasteiger partial charge >= 0.3 is 0 Å². The lowest BCUT2D eigenvalue weighted by Gasteiger charge is -2.10. The molecular weight excluding hydrogens is 337 g/mol. The standard InChI is InChI=1S/C14H10Cl2F2N2O2/c15-9-4-8(5-10(16)14(9)19)20-13(21)6-22-12-2-1-7(17)3-11(12)18/h1-5H,6,19H2,(H,20,21). The molecule has 0 aromatic heterocycles. The summed E-state index contributed by atoms with van der Waals surface area (Å²) in [6.07, 6.45) is 0. The number of halogens is 4. The second-order valence-electron chi connectivity index (χ2n) is 4.27. The first-order chi connectivity index (χ1) is 10.4. The summed E-state index contributed by atoms with van der Waals surface area (Å²) < 4.78 is 31.0. The second-order valence-corrected chi connectivity index (χ2v) is 5.08. The fourth-order valence-electron chi connectivity index (χ4n) is 1.59. The maximum Gasteiger partial charge on any atom is 0.262 e. The Labute approximate surface area is 134 Å². The van der Waals surface area contributed by atoms with Crippen molar-refractivity contribution in [1.29, 1.82) is 0 Å². The third kappa shape index (κ3) is 3.99. The summed E-state index contributed by atoms with van der Waals surface area (Å²) in [5, 5.41) is 2.84. The number of amides is 1. The van der Waals surface area contributed by atoms with Crippen LogP contribution in [0, 0.1) is 11.6 Å². The molecule has 0 heterocycles. The molecule has 0 aliphatic heterocycles. The number of rotatable bonds is 4. The number of benzene rings is 2. The molecule has 4 nitrogen and oxygen atoms in total. The van der Waals surface area contributed by atoms with E-state index >= 15 is 0 Å². The predicted octanol–water partition coefficient (Wildman–Crippen LogP) is 3.87. The van der Waals surface area contributed by atoms with Crippen LogP contribution in [-0.4, -0.2) is 12.5 Å². The third-order valence-electron chi connectivity index (χ3n) is 2.62. The Kier molecular flexibility index (Phi) is 5.05. The number of hydrogen-bond acceptors (Lipinski definition) is 3. The summed E-state index contributed by atoms with van der Waals surface area (Å²) in [7, 11) is 0. The first-order valence-electron chi connectivity index (χ1n) is 5.99. The van der Waals surface area contributed by atoms with Gasteiger partial charge in [-0.1, -0.05) is 23.2 Å². The Morgan fingerprint density at radius 2 is 1.82 bits per heavy atom. The van der Waals surface area contributed by atoms with Crippen LogP contribution in [0.15, 0.2) is 30.3 Å². The Morgan fingerprint density at radius 3 is 2.41 bits per heavy atom. The van der Waals surface area contributed by atoms with Crippen LogP contribution in [0.2, 0.25) is 10.0 Å². The largest absolute Gasteiger partial charge is 0.481 e. The first-order valence-corrected chi connectivity index (χ1v) is 6.74. The van der Waals surface area contributed by atoms with Gasteiger partial charge in [-0.15, -0.1) is 0 Å². The molecule has 2 aromatic rings. The van der Waals surface area contributed by atoms with E-state index in [0.717, 1.165) is 12.1 Å². The zero-order valence-corrected chi connectivity index (χ0v) is 12.5. The van der Waals surface area contributed by atoms with Gasteiger partial charge in [-0.25, -0.2) is 8.78 Å². The second kappa shape index (κ2) is 6.81. The molecule has 0 spiro atoms. The molecular formula is C14H10Cl2F2N2O2. The molecule has 0 bridgehead atoms. The van der Waals surface area contributed by atoms with Crippen LogP contribution in [0.4, 0.5) is 20.2 Å². The quantitative estimate of drug-likeness (QED) is 0.826. The number of ether oxygens (including phenoxy) is 1. The van der Waals surface area contributed by atoms with Crippen molar-refractivity contribution in [3.05, 3.63) is 52.0 Å². The molecule has 0 saturated carbocycles. The number of carbonyl (C=O) groups excluding carboxylic acids is 1. The van der Waals surface area contributed by atoms with Crippen molar-refractivity contribution in [2.75, 3.05) is 17.7 Å². The zero-order chi connectivity index (χ0) is 16.3. The van der Waals surface area contributed by atoms with Gasteiger partial charge in [0.05, 0.1) is 15.7 Å². The van der Waals surface area contributed by atoms with Gasteiger partial charge in [0, 0.05) is 11.8 Å². The lowest BCUT2D eigenvalue weighted by molar-refractivity contribution is -0.118. The van der Waals surface area contributed by atoms with Crippen LogP contribution in [0.3, 0.4) is 0 Å². The van der Waals surface area contributed by atoms with Gasteiger partial charge in [0.15, 0.2) is 18.2 Å². The van der Waals surface area contributed by atoms with Crippen molar-refractivity contribution in [3.63, 3.8) is 0 Å². The Morgan fingerprint density at radius 1 is 1.18 bits per heavy atom. The highest BCUT2D eigenvalue weighted by atomic mass is 35.5. The molecule has 0 fully saturated rings. The lowest BCUT2D eigenvalue weighted by Crippen LogP contribution is -2.20. The molecule has 2 rings (SSSR count). The summed E-state index contributed by atoms with van der Waals surface area (Å²) in [6.45, 7) is -0.470. The normalized spacial score (nSPS) is 10.4. The predicted molar refractivity (Wildman–Crippen MR) is 81.4 cm³/mol. The highest BCUT2D eigenvalue weighted by Gasteiger charge is 2.10. The van der Waals surface area contributed by atoms with Crippen molar-refractivity contribution in [2.45, 2.75) is 0 Å². The van der Waals surface area contributed by atoms with E-state index in [1.807, 2.05) is 0 Å². The summed E-state index contributed by atoms with van der Waals surface area (Å²) in [5.74, 6) is -2.43. The van der Waals surface area contributed by atoms with E-state index in [0.29, 0.717) is 11.8 Å². The molecule has 22 heavy (non-hydrogen) atoms. The van der Waals surface area contributed by atoms with Gasteiger partial charge in [-0.3, -0.25) is 4.79 Å². The number of hydrogen-bond donors (Lipinski definition) is 2. The number of carbonyl (C=O) groups is 1. The minimum Gasteiger partial charge on any atom is -0.481 e. The first kappa shape index (κ1) is 16.3. The number of nitrogen functional groups attached to an aromatic ring is 1. The summed E-state index contributed by atoms with van der Waals surface area (Å²) in [4.78, 5) is 11.7. The van der Waals surface area contributed by atoms with E-state index in [9.17, 15) is 13.6 Å². The molecule has 2 aromatic carbocycles. The van der Waals surface area contributed by atoms with E-state index in [2.05, 4.69) is 5.32 Å². The fourth-order valence-corrected chi connectivity index (χ4v) is 2.08. The topological polar surface area (TPSA) is 64.3 Å². The molecule has 0 radical (unpaired) electrons. The van der Waals surface area contributed by atoms with Crippen LogP contribution >= 0.6 is 23.2 Å². The maximum atomic E-state index is 13.3. The van der Waals surface area contributed by atoms with Gasteiger partial charge in [-0.05, 0) is 24.3 Å². The Balaban J connectivity index is 1.99. The average Bonchev–Trinajstić information content (AvgIpc) is 2.43. The highest BCUT2D eigenvalue weighted by Crippen LogP contribution is 2.31. The van der Waals surface area contributed by atoms with Gasteiger partial charge in [0.2, 0.25) is 0 Å². The highest BCUT2D eigenvalue weighted by molar-refractivity contribution is 6.39. The zero-order valence-electron chi connectivity index (χ0n) is 11.0. The molecule has 116 valence electrons. The number of anilines is 2. The van der Waals surface area contributed by atoms with E-state index in [1.165, 1.54) is 12.1 Å². The molecule has 0 unspecified atom stereocenters. The van der Waals surface area contributed by atoms with Crippen LogP contribution in [0.5, 0.6) is 5.75 Å². The van der Waals surface area contributed by atoms with Crippen LogP contribution < -0.4 is 15.8 Å². The summed E-state index contributed by atoms with van der Waals surface area (Å²) in [6, 6.07) is 5.61. The van der Waals surface area contributed by atoms with Gasteiger partial charge in [0.1, 0.15) is 5.82 Å². The fraction of sp³-hybridized carbons (Fsp3) is 0.0714. The monoisotopic (exact) mass is 346 g/mol.